The number of aliphatic imine (C=N–C) groups is 1. The molecule has 0 spiro atoms. The number of hydrogen-bond acceptors (Lipinski definition) is 4. The van der Waals surface area contributed by atoms with Gasteiger partial charge in [-0.3, -0.25) is 4.99 Å². The predicted molar refractivity (Wildman–Crippen MR) is 138 cm³/mol. The Hall–Kier alpha value is -0.910. The summed E-state index contributed by atoms with van der Waals surface area (Å²) in [4.78, 5) is 4.63. The van der Waals surface area contributed by atoms with Crippen LogP contribution in [-0.4, -0.2) is 58.1 Å². The van der Waals surface area contributed by atoms with E-state index in [1.165, 1.54) is 0 Å². The highest BCUT2D eigenvalue weighted by atomic mass is 127. The molecule has 1 aliphatic rings. The maximum absolute atomic E-state index is 12.7. The molecule has 2 N–H and O–H groups in total. The topological polar surface area (TPSA) is 83.0 Å². The van der Waals surface area contributed by atoms with Crippen LogP contribution in [0.5, 0.6) is 0 Å². The van der Waals surface area contributed by atoms with E-state index in [0.29, 0.717) is 30.4 Å². The first kappa shape index (κ1) is 28.1. The van der Waals surface area contributed by atoms with Crippen molar-refractivity contribution in [2.45, 2.75) is 64.0 Å². The minimum atomic E-state index is -3.38. The first-order valence-corrected chi connectivity index (χ1v) is 12.5. The molecular weight excluding hydrogens is 527 g/mol. The van der Waals surface area contributed by atoms with Crippen molar-refractivity contribution in [1.29, 1.82) is 0 Å². The van der Waals surface area contributed by atoms with E-state index in [1.807, 2.05) is 19.1 Å². The Morgan fingerprint density at radius 3 is 2.32 bits per heavy atom. The molecule has 0 radical (unpaired) electrons. The minimum absolute atomic E-state index is 0. The van der Waals surface area contributed by atoms with Crippen molar-refractivity contribution < 1.29 is 13.2 Å². The molecule has 0 amide bonds. The number of guanidine groups is 1. The number of sulfonamides is 1. The predicted octanol–water partition coefficient (Wildman–Crippen LogP) is 3.60. The lowest BCUT2D eigenvalue weighted by atomic mass is 10.0. The highest BCUT2D eigenvalue weighted by Crippen LogP contribution is 2.20. The van der Waals surface area contributed by atoms with Gasteiger partial charge in [0.05, 0.1) is 11.0 Å². The molecule has 31 heavy (non-hydrogen) atoms. The van der Waals surface area contributed by atoms with E-state index >= 15 is 0 Å². The summed E-state index contributed by atoms with van der Waals surface area (Å²) in [6.07, 6.45) is 4.13. The normalized spacial score (nSPS) is 16.6. The van der Waals surface area contributed by atoms with Gasteiger partial charge < -0.3 is 15.4 Å². The van der Waals surface area contributed by atoms with E-state index < -0.39 is 10.0 Å². The molecule has 0 aliphatic carbocycles. The molecule has 1 fully saturated rings. The van der Waals surface area contributed by atoms with Crippen LogP contribution in [-0.2, 0) is 21.3 Å². The molecular formula is C22H39IN4O3S. The number of hydrogen-bond donors (Lipinski definition) is 2. The van der Waals surface area contributed by atoms with Crippen molar-refractivity contribution in [1.82, 2.24) is 14.9 Å². The van der Waals surface area contributed by atoms with Crippen LogP contribution in [0, 0.1) is 5.92 Å². The molecule has 1 aliphatic heterocycles. The number of nitrogens with one attached hydrogen (secondary N) is 2. The average Bonchev–Trinajstić information content (AvgIpc) is 2.76. The number of ether oxygens (including phenoxy) is 1. The maximum Gasteiger partial charge on any atom is 0.243 e. The maximum atomic E-state index is 12.7. The number of halogens is 1. The minimum Gasteiger partial charge on any atom is -0.378 e. The van der Waals surface area contributed by atoms with Crippen molar-refractivity contribution in [3.05, 3.63) is 29.8 Å². The van der Waals surface area contributed by atoms with E-state index in [-0.39, 0.29) is 30.1 Å². The molecule has 0 saturated carbocycles. The lowest BCUT2D eigenvalue weighted by Crippen LogP contribution is -2.39. The van der Waals surface area contributed by atoms with Crippen LogP contribution in [0.2, 0.25) is 0 Å². The van der Waals surface area contributed by atoms with Gasteiger partial charge in [-0.2, -0.15) is 4.31 Å². The molecule has 178 valence electrons. The molecule has 7 nitrogen and oxygen atoms in total. The SMILES string of the molecule is CCOC(CCNC(=NC)NCc1ccc(S(=O)(=O)N2CCCCC2)cc1)C(C)C.I. The molecule has 1 heterocycles. The van der Waals surface area contributed by atoms with Crippen LogP contribution < -0.4 is 10.6 Å². The number of piperidine rings is 1. The average molecular weight is 567 g/mol. The van der Waals surface area contributed by atoms with Crippen LogP contribution in [0.15, 0.2) is 34.2 Å². The zero-order chi connectivity index (χ0) is 22.0. The van der Waals surface area contributed by atoms with Crippen molar-refractivity contribution in [3.8, 4) is 0 Å². The van der Waals surface area contributed by atoms with Gasteiger partial charge in [-0.1, -0.05) is 32.4 Å². The van der Waals surface area contributed by atoms with E-state index in [4.69, 9.17) is 4.74 Å². The second kappa shape index (κ2) is 14.3. The Morgan fingerprint density at radius 1 is 1.13 bits per heavy atom. The Bertz CT molecular complexity index is 763. The van der Waals surface area contributed by atoms with E-state index in [0.717, 1.165) is 50.4 Å². The third kappa shape index (κ3) is 8.86. The highest BCUT2D eigenvalue weighted by Gasteiger charge is 2.25. The van der Waals surface area contributed by atoms with Crippen molar-refractivity contribution in [2.24, 2.45) is 10.9 Å². The number of benzene rings is 1. The summed E-state index contributed by atoms with van der Waals surface area (Å²) < 4.78 is 32.9. The fraction of sp³-hybridized carbons (Fsp3) is 0.682. The standard InChI is InChI=1S/C22H38N4O3S.HI/c1-5-29-21(18(2)3)13-14-24-22(23-4)25-17-19-9-11-20(12-10-19)30(27,28)26-15-7-6-8-16-26;/h9-12,18,21H,5-8,13-17H2,1-4H3,(H2,23,24,25);1H. The molecule has 1 saturated heterocycles. The first-order valence-electron chi connectivity index (χ1n) is 11.0. The van der Waals surface area contributed by atoms with E-state index in [2.05, 4.69) is 29.5 Å². The summed E-state index contributed by atoms with van der Waals surface area (Å²) in [5.41, 5.74) is 1.00. The fourth-order valence-corrected chi connectivity index (χ4v) is 5.11. The first-order chi connectivity index (χ1) is 14.4. The highest BCUT2D eigenvalue weighted by molar-refractivity contribution is 14.0. The van der Waals surface area contributed by atoms with Gasteiger partial charge in [-0.05, 0) is 49.8 Å². The van der Waals surface area contributed by atoms with Crippen LogP contribution >= 0.6 is 24.0 Å². The smallest absolute Gasteiger partial charge is 0.243 e. The zero-order valence-corrected chi connectivity index (χ0v) is 22.4. The van der Waals surface area contributed by atoms with Crippen LogP contribution in [0.1, 0.15) is 52.0 Å². The van der Waals surface area contributed by atoms with Gasteiger partial charge in [0.25, 0.3) is 0 Å². The van der Waals surface area contributed by atoms with Crippen LogP contribution in [0.4, 0.5) is 0 Å². The van der Waals surface area contributed by atoms with E-state index in [9.17, 15) is 8.42 Å². The lowest BCUT2D eigenvalue weighted by Gasteiger charge is -2.25. The Balaban J connectivity index is 0.00000480. The van der Waals surface area contributed by atoms with Crippen LogP contribution in [0.25, 0.3) is 0 Å². The largest absolute Gasteiger partial charge is 0.378 e. The summed E-state index contributed by atoms with van der Waals surface area (Å²) in [6, 6.07) is 7.13. The summed E-state index contributed by atoms with van der Waals surface area (Å²) in [5, 5.41) is 6.60. The second-order valence-corrected chi connectivity index (χ2v) is 9.93. The fourth-order valence-electron chi connectivity index (χ4n) is 3.60. The lowest BCUT2D eigenvalue weighted by molar-refractivity contribution is 0.0258. The summed E-state index contributed by atoms with van der Waals surface area (Å²) in [7, 11) is -1.64. The molecule has 1 aromatic rings. The van der Waals surface area contributed by atoms with Gasteiger partial charge in [0.15, 0.2) is 5.96 Å². The molecule has 0 bridgehead atoms. The third-order valence-electron chi connectivity index (χ3n) is 5.41. The van der Waals surface area contributed by atoms with Gasteiger partial charge >= 0.3 is 0 Å². The Labute approximate surface area is 205 Å². The summed E-state index contributed by atoms with van der Waals surface area (Å²) in [6.45, 7) is 9.66. The Kier molecular flexibility index (Phi) is 13.0. The number of nitrogens with zero attached hydrogens (tertiary/aromatic N) is 2. The van der Waals surface area contributed by atoms with Crippen molar-refractivity contribution in [2.75, 3.05) is 33.3 Å². The summed E-state index contributed by atoms with van der Waals surface area (Å²) in [5.74, 6) is 1.19. The second-order valence-electron chi connectivity index (χ2n) is 7.99. The van der Waals surface area contributed by atoms with Gasteiger partial charge in [0.2, 0.25) is 10.0 Å². The third-order valence-corrected chi connectivity index (χ3v) is 7.32. The molecule has 1 aromatic carbocycles. The molecule has 1 atom stereocenters. The van der Waals surface area contributed by atoms with Gasteiger partial charge in [-0.15, -0.1) is 24.0 Å². The van der Waals surface area contributed by atoms with Gasteiger partial charge in [-0.25, -0.2) is 8.42 Å². The molecule has 2 rings (SSSR count). The van der Waals surface area contributed by atoms with Gasteiger partial charge in [0, 0.05) is 39.8 Å². The quantitative estimate of drug-likeness (QED) is 0.257. The Morgan fingerprint density at radius 2 is 1.77 bits per heavy atom. The van der Waals surface area contributed by atoms with Crippen molar-refractivity contribution in [3.63, 3.8) is 0 Å². The molecule has 1 unspecified atom stereocenters. The zero-order valence-electron chi connectivity index (χ0n) is 19.3. The van der Waals surface area contributed by atoms with Crippen LogP contribution in [0.3, 0.4) is 0 Å². The molecule has 9 heteroatoms. The van der Waals surface area contributed by atoms with Crippen molar-refractivity contribution >= 4 is 40.0 Å². The van der Waals surface area contributed by atoms with E-state index in [1.54, 1.807) is 23.5 Å². The summed E-state index contributed by atoms with van der Waals surface area (Å²) >= 11 is 0. The monoisotopic (exact) mass is 566 g/mol. The molecule has 0 aromatic heterocycles. The van der Waals surface area contributed by atoms with Gasteiger partial charge in [0.1, 0.15) is 0 Å². The number of rotatable bonds is 10.